The number of para-hydroxylation sites is 2. The van der Waals surface area contributed by atoms with E-state index in [0.717, 1.165) is 29.0 Å². The number of nitrogens with zero attached hydrogens (tertiary/aromatic N) is 2. The fourth-order valence-corrected chi connectivity index (χ4v) is 2.70. The first-order valence-electron chi connectivity index (χ1n) is 6.45. The van der Waals surface area contributed by atoms with Gasteiger partial charge >= 0.3 is 0 Å². The Bertz CT molecular complexity index is 688. The molecule has 0 saturated carbocycles. The van der Waals surface area contributed by atoms with Crippen molar-refractivity contribution in [3.05, 3.63) is 66.0 Å². The molecule has 0 spiro atoms. The van der Waals surface area contributed by atoms with Crippen LogP contribution >= 0.6 is 11.6 Å². The first kappa shape index (κ1) is 12.2. The van der Waals surface area contributed by atoms with Gasteiger partial charge in [-0.1, -0.05) is 42.5 Å². The molecule has 1 heterocycles. The minimum atomic E-state index is -0.214. The van der Waals surface area contributed by atoms with E-state index in [0.29, 0.717) is 0 Å². The monoisotopic (exact) mass is 270 g/mol. The maximum atomic E-state index is 6.60. The average molecular weight is 271 g/mol. The van der Waals surface area contributed by atoms with Gasteiger partial charge in [-0.15, -0.1) is 11.6 Å². The maximum Gasteiger partial charge on any atom is 0.132 e. The largest absolute Gasteiger partial charge is 0.327 e. The van der Waals surface area contributed by atoms with E-state index in [1.165, 1.54) is 0 Å². The average Bonchev–Trinajstić information content (AvgIpc) is 2.85. The Morgan fingerprint density at radius 3 is 2.47 bits per heavy atom. The number of halogens is 1. The van der Waals surface area contributed by atoms with Crippen LogP contribution in [-0.2, 0) is 6.54 Å². The van der Waals surface area contributed by atoms with Crippen molar-refractivity contribution < 1.29 is 0 Å². The number of fused-ring (bicyclic) bond motifs is 1. The quantitative estimate of drug-likeness (QED) is 0.646. The van der Waals surface area contributed by atoms with Gasteiger partial charge in [-0.3, -0.25) is 0 Å². The van der Waals surface area contributed by atoms with Gasteiger partial charge < -0.3 is 4.57 Å². The number of benzene rings is 2. The summed E-state index contributed by atoms with van der Waals surface area (Å²) in [6, 6.07) is 18.2. The van der Waals surface area contributed by atoms with Crippen LogP contribution in [0.3, 0.4) is 0 Å². The summed E-state index contributed by atoms with van der Waals surface area (Å²) in [6.45, 7) is 2.98. The SMILES string of the molecule is CCn1c(C(Cl)c2ccccc2)nc2ccccc21. The molecule has 0 saturated heterocycles. The highest BCUT2D eigenvalue weighted by atomic mass is 35.5. The number of alkyl halides is 1. The molecule has 2 nitrogen and oxygen atoms in total. The van der Waals surface area contributed by atoms with Gasteiger partial charge in [-0.2, -0.15) is 0 Å². The van der Waals surface area contributed by atoms with Crippen LogP contribution in [0.4, 0.5) is 0 Å². The second-order valence-electron chi connectivity index (χ2n) is 4.48. The van der Waals surface area contributed by atoms with Crippen molar-refractivity contribution in [2.24, 2.45) is 0 Å². The third kappa shape index (κ3) is 2.13. The first-order chi connectivity index (χ1) is 9.31. The molecule has 0 radical (unpaired) electrons. The highest BCUT2D eigenvalue weighted by molar-refractivity contribution is 6.22. The van der Waals surface area contributed by atoms with Crippen LogP contribution < -0.4 is 0 Å². The summed E-state index contributed by atoms with van der Waals surface area (Å²) in [5.74, 6) is 0.913. The lowest BCUT2D eigenvalue weighted by molar-refractivity contribution is 0.726. The molecule has 0 aliphatic rings. The van der Waals surface area contributed by atoms with Crippen LogP contribution in [0.1, 0.15) is 23.7 Å². The van der Waals surface area contributed by atoms with Gasteiger partial charge in [0.25, 0.3) is 0 Å². The molecule has 0 bridgehead atoms. The number of hydrogen-bond acceptors (Lipinski definition) is 1. The molecule has 1 unspecified atom stereocenters. The summed E-state index contributed by atoms with van der Waals surface area (Å²) < 4.78 is 2.18. The topological polar surface area (TPSA) is 17.8 Å². The molecule has 0 N–H and O–H groups in total. The zero-order valence-corrected chi connectivity index (χ0v) is 11.5. The van der Waals surface area contributed by atoms with Crippen molar-refractivity contribution in [3.8, 4) is 0 Å². The normalized spacial score (nSPS) is 12.7. The number of hydrogen-bond donors (Lipinski definition) is 0. The van der Waals surface area contributed by atoms with Gasteiger partial charge in [0, 0.05) is 6.54 Å². The minimum Gasteiger partial charge on any atom is -0.327 e. The van der Waals surface area contributed by atoms with Gasteiger partial charge in [0.1, 0.15) is 11.2 Å². The molecule has 0 aliphatic heterocycles. The molecule has 19 heavy (non-hydrogen) atoms. The maximum absolute atomic E-state index is 6.60. The summed E-state index contributed by atoms with van der Waals surface area (Å²) in [5, 5.41) is -0.214. The Balaban J connectivity index is 2.14. The van der Waals surface area contributed by atoms with E-state index in [1.807, 2.05) is 48.5 Å². The standard InChI is InChI=1S/C16H15ClN2/c1-2-19-14-11-7-6-10-13(14)18-16(19)15(17)12-8-4-3-5-9-12/h3-11,15H,2H2,1H3. The molecule has 3 aromatic rings. The van der Waals surface area contributed by atoms with Crippen molar-refractivity contribution in [3.63, 3.8) is 0 Å². The fraction of sp³-hybridized carbons (Fsp3) is 0.188. The van der Waals surface area contributed by atoms with Crippen molar-refractivity contribution in [2.45, 2.75) is 18.8 Å². The smallest absolute Gasteiger partial charge is 0.132 e. The third-order valence-electron chi connectivity index (χ3n) is 3.32. The molecular weight excluding hydrogens is 256 g/mol. The summed E-state index contributed by atoms with van der Waals surface area (Å²) in [7, 11) is 0. The Morgan fingerprint density at radius 2 is 1.74 bits per heavy atom. The van der Waals surface area contributed by atoms with E-state index >= 15 is 0 Å². The van der Waals surface area contributed by atoms with E-state index < -0.39 is 0 Å². The van der Waals surface area contributed by atoms with Crippen LogP contribution in [0.15, 0.2) is 54.6 Å². The summed E-state index contributed by atoms with van der Waals surface area (Å²) >= 11 is 6.60. The highest BCUT2D eigenvalue weighted by Crippen LogP contribution is 2.30. The van der Waals surface area contributed by atoms with Crippen molar-refractivity contribution in [2.75, 3.05) is 0 Å². The zero-order valence-electron chi connectivity index (χ0n) is 10.8. The van der Waals surface area contributed by atoms with E-state index in [2.05, 4.69) is 17.6 Å². The Labute approximate surface area is 117 Å². The Morgan fingerprint density at radius 1 is 1.05 bits per heavy atom. The molecule has 1 aromatic heterocycles. The summed E-state index contributed by atoms with van der Waals surface area (Å²) in [6.07, 6.45) is 0. The van der Waals surface area contributed by atoms with E-state index in [9.17, 15) is 0 Å². The van der Waals surface area contributed by atoms with E-state index in [4.69, 9.17) is 16.6 Å². The molecule has 3 heteroatoms. The van der Waals surface area contributed by atoms with Crippen LogP contribution in [0.2, 0.25) is 0 Å². The number of rotatable bonds is 3. The third-order valence-corrected chi connectivity index (χ3v) is 3.77. The molecular formula is C16H15ClN2. The molecule has 96 valence electrons. The van der Waals surface area contributed by atoms with E-state index in [1.54, 1.807) is 0 Å². The van der Waals surface area contributed by atoms with Crippen molar-refractivity contribution in [1.82, 2.24) is 9.55 Å². The van der Waals surface area contributed by atoms with Gasteiger partial charge in [-0.25, -0.2) is 4.98 Å². The van der Waals surface area contributed by atoms with Gasteiger partial charge in [0.05, 0.1) is 11.0 Å². The summed E-state index contributed by atoms with van der Waals surface area (Å²) in [4.78, 5) is 4.69. The minimum absolute atomic E-state index is 0.214. The van der Waals surface area contributed by atoms with Gasteiger partial charge in [0.2, 0.25) is 0 Å². The number of aryl methyl sites for hydroxylation is 1. The van der Waals surface area contributed by atoms with Gasteiger partial charge in [0.15, 0.2) is 0 Å². The lowest BCUT2D eigenvalue weighted by Crippen LogP contribution is -2.05. The van der Waals surface area contributed by atoms with Crippen LogP contribution in [-0.4, -0.2) is 9.55 Å². The number of aromatic nitrogens is 2. The molecule has 0 aliphatic carbocycles. The fourth-order valence-electron chi connectivity index (χ4n) is 2.39. The molecule has 2 aromatic carbocycles. The van der Waals surface area contributed by atoms with Crippen LogP contribution in [0.25, 0.3) is 11.0 Å². The zero-order chi connectivity index (χ0) is 13.2. The second-order valence-corrected chi connectivity index (χ2v) is 4.91. The van der Waals surface area contributed by atoms with E-state index in [-0.39, 0.29) is 5.38 Å². The van der Waals surface area contributed by atoms with Crippen LogP contribution in [0.5, 0.6) is 0 Å². The molecule has 3 rings (SSSR count). The van der Waals surface area contributed by atoms with Gasteiger partial charge in [-0.05, 0) is 24.6 Å². The summed E-state index contributed by atoms with van der Waals surface area (Å²) in [5.41, 5.74) is 3.22. The Hall–Kier alpha value is -1.80. The van der Waals surface area contributed by atoms with Crippen molar-refractivity contribution >= 4 is 22.6 Å². The lowest BCUT2D eigenvalue weighted by Gasteiger charge is -2.11. The molecule has 0 fully saturated rings. The van der Waals surface area contributed by atoms with Crippen molar-refractivity contribution in [1.29, 1.82) is 0 Å². The predicted molar refractivity (Wildman–Crippen MR) is 79.5 cm³/mol. The number of imidazole rings is 1. The molecule has 0 amide bonds. The van der Waals surface area contributed by atoms with Crippen LogP contribution in [0, 0.1) is 0 Å². The molecule has 1 atom stereocenters. The highest BCUT2D eigenvalue weighted by Gasteiger charge is 2.18. The Kier molecular flexibility index (Phi) is 3.26. The predicted octanol–water partition coefficient (Wildman–Crippen LogP) is 4.38. The first-order valence-corrected chi connectivity index (χ1v) is 6.89. The lowest BCUT2D eigenvalue weighted by atomic mass is 10.1. The second kappa shape index (κ2) is 5.06.